The van der Waals surface area contributed by atoms with Gasteiger partial charge in [-0.1, -0.05) is 31.2 Å². The quantitative estimate of drug-likeness (QED) is 0.515. The molecular weight excluding hydrogens is 401 g/mol. The Balaban J connectivity index is 2.58. The molecule has 26 heavy (non-hydrogen) atoms. The summed E-state index contributed by atoms with van der Waals surface area (Å²) < 4.78 is 96.4. The van der Waals surface area contributed by atoms with Crippen molar-refractivity contribution in [2.75, 3.05) is 6.26 Å². The van der Waals surface area contributed by atoms with Gasteiger partial charge in [-0.3, -0.25) is 4.18 Å². The third-order valence-corrected chi connectivity index (χ3v) is 4.99. The van der Waals surface area contributed by atoms with Gasteiger partial charge in [-0.25, -0.2) is 0 Å². The highest BCUT2D eigenvalue weighted by Gasteiger charge is 2.61. The summed E-state index contributed by atoms with van der Waals surface area (Å²) in [5.41, 5.74) is 0.445. The van der Waals surface area contributed by atoms with Crippen LogP contribution in [0.5, 0.6) is 0 Å². The number of rotatable bonds is 6. The molecule has 0 radical (unpaired) electrons. The molecule has 144 valence electrons. The SMILES string of the molecule is CCc1ccc(-c2nsc(C(F)(F)C(F)(F)F)c2COS(C)(=O)=O)cc1. The van der Waals surface area contributed by atoms with Crippen LogP contribution in [0, 0.1) is 0 Å². The normalized spacial score (nSPS) is 13.2. The Labute approximate surface area is 150 Å². The van der Waals surface area contributed by atoms with E-state index in [1.165, 1.54) is 12.1 Å². The van der Waals surface area contributed by atoms with Crippen molar-refractivity contribution in [3.63, 3.8) is 0 Å². The molecule has 0 saturated heterocycles. The average molecular weight is 415 g/mol. The number of benzene rings is 1. The molecule has 1 heterocycles. The van der Waals surface area contributed by atoms with Crippen LogP contribution in [0.3, 0.4) is 0 Å². The highest BCUT2D eigenvalue weighted by atomic mass is 32.2. The van der Waals surface area contributed by atoms with Gasteiger partial charge >= 0.3 is 12.1 Å². The van der Waals surface area contributed by atoms with Gasteiger partial charge in [-0.2, -0.15) is 34.7 Å². The van der Waals surface area contributed by atoms with Gasteiger partial charge in [0.2, 0.25) is 0 Å². The Morgan fingerprint density at radius 3 is 2.15 bits per heavy atom. The predicted octanol–water partition coefficient (Wildman–Crippen LogP) is 4.50. The van der Waals surface area contributed by atoms with Crippen LogP contribution >= 0.6 is 11.5 Å². The highest BCUT2D eigenvalue weighted by molar-refractivity contribution is 7.85. The van der Waals surface area contributed by atoms with Crippen molar-refractivity contribution in [1.82, 2.24) is 4.37 Å². The van der Waals surface area contributed by atoms with E-state index in [9.17, 15) is 30.4 Å². The smallest absolute Gasteiger partial charge is 0.265 e. The maximum Gasteiger partial charge on any atom is 0.459 e. The zero-order valence-corrected chi connectivity index (χ0v) is 15.2. The van der Waals surface area contributed by atoms with Crippen molar-refractivity contribution in [3.8, 4) is 11.3 Å². The topological polar surface area (TPSA) is 56.3 Å². The molecule has 4 nitrogen and oxygen atoms in total. The molecule has 2 aromatic rings. The van der Waals surface area contributed by atoms with Gasteiger partial charge in [0.1, 0.15) is 4.88 Å². The molecule has 0 N–H and O–H groups in total. The van der Waals surface area contributed by atoms with E-state index < -0.39 is 39.3 Å². The molecule has 0 amide bonds. The number of nitrogens with zero attached hydrogens (tertiary/aromatic N) is 1. The third-order valence-electron chi connectivity index (χ3n) is 3.48. The van der Waals surface area contributed by atoms with E-state index in [1.54, 1.807) is 12.1 Å². The van der Waals surface area contributed by atoms with Crippen LogP contribution in [0.15, 0.2) is 24.3 Å². The summed E-state index contributed by atoms with van der Waals surface area (Å²) in [4.78, 5) is -1.39. The zero-order chi connectivity index (χ0) is 19.8. The monoisotopic (exact) mass is 415 g/mol. The molecule has 1 aromatic carbocycles. The minimum atomic E-state index is -5.84. The summed E-state index contributed by atoms with van der Waals surface area (Å²) in [7, 11) is -4.06. The Kier molecular flexibility index (Phi) is 5.74. The molecule has 2 rings (SSSR count). The van der Waals surface area contributed by atoms with Crippen molar-refractivity contribution in [1.29, 1.82) is 0 Å². The Hall–Kier alpha value is -1.59. The lowest BCUT2D eigenvalue weighted by Crippen LogP contribution is -2.33. The van der Waals surface area contributed by atoms with Crippen LogP contribution in [0.1, 0.15) is 22.9 Å². The van der Waals surface area contributed by atoms with E-state index in [4.69, 9.17) is 0 Å². The van der Waals surface area contributed by atoms with E-state index in [2.05, 4.69) is 8.56 Å². The Morgan fingerprint density at radius 1 is 1.12 bits per heavy atom. The molecule has 0 aliphatic carbocycles. The lowest BCUT2D eigenvalue weighted by atomic mass is 10.0. The van der Waals surface area contributed by atoms with Gasteiger partial charge in [-0.15, -0.1) is 0 Å². The van der Waals surface area contributed by atoms with E-state index in [0.29, 0.717) is 12.7 Å². The van der Waals surface area contributed by atoms with Gasteiger partial charge in [0.15, 0.2) is 0 Å². The molecule has 0 atom stereocenters. The molecule has 0 unspecified atom stereocenters. The molecule has 0 saturated carbocycles. The summed E-state index contributed by atoms with van der Waals surface area (Å²) in [5.74, 6) is -5.18. The average Bonchev–Trinajstić information content (AvgIpc) is 2.95. The summed E-state index contributed by atoms with van der Waals surface area (Å²) in [5, 5.41) is 0. The first kappa shape index (κ1) is 20.7. The summed E-state index contributed by atoms with van der Waals surface area (Å²) in [6.45, 7) is 0.923. The lowest BCUT2D eigenvalue weighted by molar-refractivity contribution is -0.288. The standard InChI is InChI=1S/C15H14F5NO3S2/c1-3-9-4-6-10(7-5-9)12-11(8-24-26(2,22)23)13(25-21-12)14(16,17)15(18,19)20/h4-7H,3,8H2,1-2H3. The third kappa shape index (κ3) is 4.38. The molecular formula is C15H14F5NO3S2. The summed E-state index contributed by atoms with van der Waals surface area (Å²) >= 11 is -0.0295. The minimum absolute atomic E-state index is 0.0295. The van der Waals surface area contributed by atoms with Gasteiger partial charge in [-0.05, 0) is 23.5 Å². The van der Waals surface area contributed by atoms with Gasteiger partial charge in [0.05, 0.1) is 18.6 Å². The second-order valence-corrected chi connectivity index (χ2v) is 7.85. The number of aromatic nitrogens is 1. The fraction of sp³-hybridized carbons (Fsp3) is 0.400. The van der Waals surface area contributed by atoms with Crippen LogP contribution in [0.2, 0.25) is 0 Å². The predicted molar refractivity (Wildman–Crippen MR) is 86.5 cm³/mol. The van der Waals surface area contributed by atoms with Gasteiger partial charge in [0.25, 0.3) is 10.1 Å². The first-order valence-electron chi connectivity index (χ1n) is 7.24. The molecule has 1 aromatic heterocycles. The fourth-order valence-electron chi connectivity index (χ4n) is 2.11. The van der Waals surface area contributed by atoms with Crippen molar-refractivity contribution < 1.29 is 34.6 Å². The molecule has 0 spiro atoms. The van der Waals surface area contributed by atoms with Crippen molar-refractivity contribution in [3.05, 3.63) is 40.3 Å². The van der Waals surface area contributed by atoms with Gasteiger partial charge in [0, 0.05) is 11.1 Å². The Bertz CT molecular complexity index is 874. The fourth-order valence-corrected chi connectivity index (χ4v) is 3.34. The first-order valence-corrected chi connectivity index (χ1v) is 9.83. The van der Waals surface area contributed by atoms with Crippen LogP contribution in [0.25, 0.3) is 11.3 Å². The second kappa shape index (κ2) is 7.20. The summed E-state index contributed by atoms with van der Waals surface area (Å²) in [6.07, 6.45) is -4.47. The largest absolute Gasteiger partial charge is 0.459 e. The summed E-state index contributed by atoms with van der Waals surface area (Å²) in [6, 6.07) is 6.40. The molecule has 0 aliphatic rings. The van der Waals surface area contributed by atoms with Crippen molar-refractivity contribution in [2.24, 2.45) is 0 Å². The molecule has 0 fully saturated rings. The van der Waals surface area contributed by atoms with Crippen LogP contribution < -0.4 is 0 Å². The zero-order valence-electron chi connectivity index (χ0n) is 13.6. The van der Waals surface area contributed by atoms with Crippen LogP contribution in [-0.4, -0.2) is 25.2 Å². The maximum absolute atomic E-state index is 13.8. The number of alkyl halides is 5. The number of hydrogen-bond donors (Lipinski definition) is 0. The number of hydrogen-bond acceptors (Lipinski definition) is 5. The number of aryl methyl sites for hydroxylation is 1. The first-order chi connectivity index (χ1) is 11.9. The Morgan fingerprint density at radius 2 is 1.69 bits per heavy atom. The molecule has 0 aliphatic heterocycles. The highest BCUT2D eigenvalue weighted by Crippen LogP contribution is 2.48. The van der Waals surface area contributed by atoms with E-state index >= 15 is 0 Å². The van der Waals surface area contributed by atoms with E-state index in [-0.39, 0.29) is 22.8 Å². The minimum Gasteiger partial charge on any atom is -0.265 e. The second-order valence-electron chi connectivity index (χ2n) is 5.43. The van der Waals surface area contributed by atoms with E-state index in [0.717, 1.165) is 5.56 Å². The lowest BCUT2D eigenvalue weighted by Gasteiger charge is -2.19. The van der Waals surface area contributed by atoms with Crippen molar-refractivity contribution >= 4 is 21.7 Å². The van der Waals surface area contributed by atoms with Crippen LogP contribution in [0.4, 0.5) is 22.0 Å². The van der Waals surface area contributed by atoms with Crippen LogP contribution in [-0.2, 0) is 33.3 Å². The molecule has 11 heteroatoms. The molecule has 0 bridgehead atoms. The van der Waals surface area contributed by atoms with Gasteiger partial charge < -0.3 is 0 Å². The van der Waals surface area contributed by atoms with E-state index in [1.807, 2.05) is 6.92 Å². The maximum atomic E-state index is 13.8. The number of halogens is 5. The van der Waals surface area contributed by atoms with Crippen molar-refractivity contribution in [2.45, 2.75) is 32.1 Å².